The molecule has 0 fully saturated rings. The van der Waals surface area contributed by atoms with E-state index in [2.05, 4.69) is 75.8 Å². The Morgan fingerprint density at radius 1 is 0.861 bits per heavy atom. The summed E-state index contributed by atoms with van der Waals surface area (Å²) in [6.45, 7) is 13.8. The molecular formula is C31H38N4O. The summed E-state index contributed by atoms with van der Waals surface area (Å²) in [6.07, 6.45) is 6.42. The molecule has 0 aliphatic carbocycles. The second-order valence-electron chi connectivity index (χ2n) is 10.3. The van der Waals surface area contributed by atoms with E-state index in [9.17, 15) is 0 Å². The number of nitrogens with one attached hydrogen (secondary N) is 2. The predicted molar refractivity (Wildman–Crippen MR) is 150 cm³/mol. The number of allylic oxidation sites excluding steroid dienone is 1. The molecule has 5 heterocycles. The Bertz CT molecular complexity index is 1520. The van der Waals surface area contributed by atoms with Crippen molar-refractivity contribution in [1.29, 1.82) is 0 Å². The molecule has 0 amide bonds. The van der Waals surface area contributed by atoms with Gasteiger partial charge in [-0.05, 0) is 99.1 Å². The van der Waals surface area contributed by atoms with Crippen LogP contribution in [0.3, 0.4) is 0 Å². The zero-order chi connectivity index (χ0) is 25.6. The Balaban J connectivity index is 1.93. The molecule has 0 saturated carbocycles. The SMILES string of the molecule is CCCC1Cc2cc3[nH]c(cc4[nH]c(cc5nc(c(C)c1n2)C=C5C)c(CC)c4C)c(COC)c3C. The number of hydrogen-bond acceptors (Lipinski definition) is 3. The minimum atomic E-state index is 0.431. The molecule has 2 aliphatic heterocycles. The van der Waals surface area contributed by atoms with Gasteiger partial charge in [-0.3, -0.25) is 4.98 Å². The van der Waals surface area contributed by atoms with Gasteiger partial charge in [0.1, 0.15) is 0 Å². The fraction of sp³-hybridized carbons (Fsp3) is 0.419. The molecule has 0 saturated heterocycles. The summed E-state index contributed by atoms with van der Waals surface area (Å²) < 4.78 is 5.61. The van der Waals surface area contributed by atoms with Crippen LogP contribution >= 0.6 is 0 Å². The fourth-order valence-corrected chi connectivity index (χ4v) is 5.83. The summed E-state index contributed by atoms with van der Waals surface area (Å²) in [4.78, 5) is 17.7. The number of nitrogens with zero attached hydrogens (tertiary/aromatic N) is 2. The zero-order valence-electron chi connectivity index (χ0n) is 22.7. The van der Waals surface area contributed by atoms with Crippen molar-refractivity contribution in [3.05, 3.63) is 68.8 Å². The molecule has 1 atom stereocenters. The summed E-state index contributed by atoms with van der Waals surface area (Å²) in [6, 6.07) is 6.70. The molecule has 0 aromatic carbocycles. The Morgan fingerprint density at radius 3 is 2.25 bits per heavy atom. The van der Waals surface area contributed by atoms with Crippen LogP contribution in [0.1, 0.15) is 90.1 Å². The number of rotatable bonds is 5. The topological polar surface area (TPSA) is 66.6 Å². The Labute approximate surface area is 214 Å². The van der Waals surface area contributed by atoms with Crippen molar-refractivity contribution in [1.82, 2.24) is 19.9 Å². The average Bonchev–Trinajstić information content (AvgIpc) is 3.57. The van der Waals surface area contributed by atoms with Crippen molar-refractivity contribution in [2.75, 3.05) is 7.11 Å². The average molecular weight is 483 g/mol. The van der Waals surface area contributed by atoms with Gasteiger partial charge in [-0.15, -0.1) is 0 Å². The Hall–Kier alpha value is -3.18. The van der Waals surface area contributed by atoms with Gasteiger partial charge in [0.15, 0.2) is 0 Å². The minimum Gasteiger partial charge on any atom is -0.380 e. The third-order valence-corrected chi connectivity index (χ3v) is 7.94. The van der Waals surface area contributed by atoms with Crippen LogP contribution in [-0.2, 0) is 24.2 Å². The molecule has 5 rings (SSSR count). The van der Waals surface area contributed by atoms with Crippen molar-refractivity contribution in [2.24, 2.45) is 0 Å². The van der Waals surface area contributed by atoms with Gasteiger partial charge in [0.25, 0.3) is 0 Å². The van der Waals surface area contributed by atoms with E-state index in [4.69, 9.17) is 14.7 Å². The van der Waals surface area contributed by atoms with Gasteiger partial charge >= 0.3 is 0 Å². The van der Waals surface area contributed by atoms with Crippen molar-refractivity contribution in [3.63, 3.8) is 0 Å². The van der Waals surface area contributed by atoms with Crippen molar-refractivity contribution < 1.29 is 4.74 Å². The van der Waals surface area contributed by atoms with Crippen LogP contribution in [0.25, 0.3) is 33.7 Å². The molecule has 5 nitrogen and oxygen atoms in total. The first-order valence-electron chi connectivity index (χ1n) is 13.2. The van der Waals surface area contributed by atoms with E-state index in [1.54, 1.807) is 7.11 Å². The van der Waals surface area contributed by atoms with Gasteiger partial charge < -0.3 is 14.7 Å². The quantitative estimate of drug-likeness (QED) is 0.393. The molecule has 8 bridgehead atoms. The third-order valence-electron chi connectivity index (χ3n) is 7.94. The summed E-state index contributed by atoms with van der Waals surface area (Å²) in [5, 5.41) is 0. The van der Waals surface area contributed by atoms with E-state index < -0.39 is 0 Å². The lowest BCUT2D eigenvalue weighted by molar-refractivity contribution is 0.185. The van der Waals surface area contributed by atoms with Crippen molar-refractivity contribution in [3.8, 4) is 0 Å². The Kier molecular flexibility index (Phi) is 6.60. The number of aromatic nitrogens is 4. The summed E-state index contributed by atoms with van der Waals surface area (Å²) >= 11 is 0. The van der Waals surface area contributed by atoms with Crippen LogP contribution < -0.4 is 0 Å². The van der Waals surface area contributed by atoms with E-state index in [0.717, 1.165) is 64.8 Å². The molecule has 36 heavy (non-hydrogen) atoms. The second-order valence-corrected chi connectivity index (χ2v) is 10.3. The number of ether oxygens (including phenoxy) is 1. The predicted octanol–water partition coefficient (Wildman–Crippen LogP) is 7.64. The first kappa shape index (κ1) is 24.5. The van der Waals surface area contributed by atoms with Gasteiger partial charge in [-0.1, -0.05) is 20.3 Å². The highest BCUT2D eigenvalue weighted by atomic mass is 16.5. The van der Waals surface area contributed by atoms with E-state index >= 15 is 0 Å². The van der Waals surface area contributed by atoms with E-state index in [-0.39, 0.29) is 0 Å². The largest absolute Gasteiger partial charge is 0.380 e. The number of hydrogen-bond donors (Lipinski definition) is 2. The number of H-pyrrole nitrogens is 2. The van der Waals surface area contributed by atoms with Gasteiger partial charge in [-0.2, -0.15) is 0 Å². The van der Waals surface area contributed by atoms with Crippen LogP contribution in [-0.4, -0.2) is 27.0 Å². The van der Waals surface area contributed by atoms with E-state index in [1.165, 1.54) is 39.1 Å². The number of aromatic amines is 2. The third kappa shape index (κ3) is 4.20. The molecule has 0 radical (unpaired) electrons. The van der Waals surface area contributed by atoms with Crippen LogP contribution in [0.4, 0.5) is 0 Å². The standard InChI is InChI=1S/C31H38N4O/c1-8-10-21-12-22-13-27-19(5)24(16-36-7)30(34-27)15-28-18(4)23(9-2)29(35-28)14-25-17(3)11-26(33-25)20(6)31(21)32-22/h11,13-15,21,34-35H,8-10,12,16H2,1-7H3. The maximum absolute atomic E-state index is 5.61. The Morgan fingerprint density at radius 2 is 1.56 bits per heavy atom. The first-order valence-corrected chi connectivity index (χ1v) is 13.2. The van der Waals surface area contributed by atoms with Crippen LogP contribution in [0, 0.1) is 20.8 Å². The zero-order valence-corrected chi connectivity index (χ0v) is 22.7. The molecule has 3 aromatic heterocycles. The van der Waals surface area contributed by atoms with Crippen molar-refractivity contribution in [2.45, 2.75) is 79.8 Å². The molecule has 2 aliphatic rings. The normalized spacial score (nSPS) is 15.4. The maximum Gasteiger partial charge on any atom is 0.0736 e. The smallest absolute Gasteiger partial charge is 0.0736 e. The van der Waals surface area contributed by atoms with Crippen LogP contribution in [0.2, 0.25) is 0 Å². The molecule has 188 valence electrons. The maximum atomic E-state index is 5.61. The van der Waals surface area contributed by atoms with Gasteiger partial charge in [0, 0.05) is 52.0 Å². The number of fused-ring (bicyclic) bond motifs is 8. The van der Waals surface area contributed by atoms with Crippen LogP contribution in [0.5, 0.6) is 0 Å². The minimum absolute atomic E-state index is 0.431. The highest BCUT2D eigenvalue weighted by molar-refractivity contribution is 5.85. The number of methoxy groups -OCH3 is 1. The number of aryl methyl sites for hydroxylation is 3. The second kappa shape index (κ2) is 9.70. The highest BCUT2D eigenvalue weighted by Crippen LogP contribution is 2.34. The molecule has 1 unspecified atom stereocenters. The van der Waals surface area contributed by atoms with Gasteiger partial charge in [0.05, 0.1) is 18.0 Å². The lowest BCUT2D eigenvalue weighted by Gasteiger charge is -2.09. The molecular weight excluding hydrogens is 444 g/mol. The molecule has 0 spiro atoms. The lowest BCUT2D eigenvalue weighted by Crippen LogP contribution is -1.99. The summed E-state index contributed by atoms with van der Waals surface area (Å²) in [7, 11) is 1.76. The van der Waals surface area contributed by atoms with E-state index in [1.807, 2.05) is 0 Å². The molecule has 5 heteroatoms. The van der Waals surface area contributed by atoms with Gasteiger partial charge in [-0.25, -0.2) is 4.98 Å². The fourth-order valence-electron chi connectivity index (χ4n) is 5.83. The van der Waals surface area contributed by atoms with Gasteiger partial charge in [0.2, 0.25) is 0 Å². The molecule has 2 N–H and O–H groups in total. The van der Waals surface area contributed by atoms with Crippen LogP contribution in [0.15, 0.2) is 18.2 Å². The summed E-state index contributed by atoms with van der Waals surface area (Å²) in [5.41, 5.74) is 16.3. The lowest BCUT2D eigenvalue weighted by atomic mass is 9.94. The molecule has 3 aromatic rings. The van der Waals surface area contributed by atoms with Crippen molar-refractivity contribution >= 4 is 33.7 Å². The van der Waals surface area contributed by atoms with E-state index in [0.29, 0.717) is 12.5 Å². The summed E-state index contributed by atoms with van der Waals surface area (Å²) in [5.74, 6) is 0.431. The first-order chi connectivity index (χ1) is 17.3. The monoisotopic (exact) mass is 482 g/mol. The highest BCUT2D eigenvalue weighted by Gasteiger charge is 2.23.